The van der Waals surface area contributed by atoms with E-state index in [9.17, 15) is 9.59 Å². The number of para-hydroxylation sites is 3. The minimum absolute atomic E-state index is 0.0356. The summed E-state index contributed by atoms with van der Waals surface area (Å²) in [7, 11) is -1.57. The van der Waals surface area contributed by atoms with Gasteiger partial charge in [0.05, 0.1) is 20.8 Å². The molecule has 0 bridgehead atoms. The molecule has 8 rings (SSSR count). The van der Waals surface area contributed by atoms with E-state index in [4.69, 9.17) is 53.2 Å². The molecule has 14 nitrogen and oxygen atoms in total. The molecule has 1 aromatic heterocycles. The zero-order valence-electron chi connectivity index (χ0n) is 36.0. The van der Waals surface area contributed by atoms with Crippen LogP contribution in [0.2, 0.25) is 0 Å². The number of aromatic nitrogens is 2. The van der Waals surface area contributed by atoms with Crippen molar-refractivity contribution < 1.29 is 45.9 Å². The molecule has 66 heavy (non-hydrogen) atoms. The number of ether oxygens (including phenoxy) is 4. The Hall–Kier alpha value is -6.28. The van der Waals surface area contributed by atoms with Gasteiger partial charge in [-0.15, -0.1) is 0 Å². The molecule has 1 unspecified atom stereocenters. The molecule has 7 aromatic rings. The van der Waals surface area contributed by atoms with Crippen LogP contribution in [0.15, 0.2) is 186 Å². The number of H-pyrrole nitrogens is 1. The van der Waals surface area contributed by atoms with E-state index in [0.29, 0.717) is 11.5 Å². The number of phosphoric ester groups is 1. The van der Waals surface area contributed by atoms with Crippen LogP contribution in [0.4, 0.5) is 0 Å². The van der Waals surface area contributed by atoms with Crippen molar-refractivity contribution in [3.05, 3.63) is 219 Å². The monoisotopic (exact) mass is 948 g/mol. The number of aromatic amines is 1. The standard InChI is InChI=1S/C49H46N2O12P2S/c1-35-33-51(48(53)50-47(35)52)46-32-44(62-65(66,61-43-22-14-7-15-23-43)63-64(54,59-41-18-10-5-11-19-41)60-42-20-12-6-13-21-42)45(58-46)34-57-49(36-16-8-4-9-17-36,37-24-28-39(55-2)29-25-37)38-26-30-40(56-3)31-27-38/h4-31,33,44-46H,32,34H2,1-3H3,(H,50,52,53)/t44-,45+,46+,65?/m0/s1. The molecular formula is C49H46N2O12P2S. The van der Waals surface area contributed by atoms with E-state index in [-0.39, 0.29) is 35.8 Å². The Morgan fingerprint density at radius 1 is 0.652 bits per heavy atom. The van der Waals surface area contributed by atoms with Gasteiger partial charge in [0.1, 0.15) is 52.8 Å². The summed E-state index contributed by atoms with van der Waals surface area (Å²) in [4.78, 5) is 28.3. The molecule has 1 N–H and O–H groups in total. The highest BCUT2D eigenvalue weighted by Crippen LogP contribution is 2.66. The molecule has 1 saturated heterocycles. The minimum atomic E-state index is -4.76. The lowest BCUT2D eigenvalue weighted by atomic mass is 9.80. The fraction of sp³-hybridized carbons (Fsp3) is 0.184. The highest BCUT2D eigenvalue weighted by atomic mass is 32.5. The van der Waals surface area contributed by atoms with Gasteiger partial charge in [-0.05, 0) is 84.3 Å². The van der Waals surface area contributed by atoms with Crippen LogP contribution in [0.25, 0.3) is 0 Å². The number of nitrogens with one attached hydrogen (secondary N) is 1. The van der Waals surface area contributed by atoms with Crippen LogP contribution in [0.1, 0.15) is 34.9 Å². The van der Waals surface area contributed by atoms with Crippen LogP contribution in [-0.4, -0.2) is 42.6 Å². The topological polar surface area (TPSA) is 155 Å². The van der Waals surface area contributed by atoms with Crippen molar-refractivity contribution in [2.24, 2.45) is 0 Å². The summed E-state index contributed by atoms with van der Waals surface area (Å²) in [6.07, 6.45) is -1.74. The van der Waals surface area contributed by atoms with Gasteiger partial charge in [-0.2, -0.15) is 4.31 Å². The van der Waals surface area contributed by atoms with E-state index < -0.39 is 49.8 Å². The van der Waals surface area contributed by atoms with Gasteiger partial charge in [0.25, 0.3) is 5.56 Å². The predicted octanol–water partition coefficient (Wildman–Crippen LogP) is 10.1. The average molecular weight is 949 g/mol. The Morgan fingerprint density at radius 2 is 1.11 bits per heavy atom. The van der Waals surface area contributed by atoms with E-state index in [1.165, 1.54) is 10.8 Å². The second kappa shape index (κ2) is 20.5. The Labute approximate surface area is 386 Å². The summed E-state index contributed by atoms with van der Waals surface area (Å²) in [5.74, 6) is 1.85. The SMILES string of the molecule is COc1ccc(C(OC[C@H]2O[C@@H](n3cc(C)c(=O)[nH]c3=O)C[C@@H]2OP(=S)(Oc2ccccc2)OP(=O)(Oc2ccccc2)Oc2ccccc2)(c2ccccc2)c2ccc(OC)cc2)cc1. The van der Waals surface area contributed by atoms with E-state index in [1.54, 1.807) is 112 Å². The van der Waals surface area contributed by atoms with Crippen LogP contribution in [-0.2, 0) is 40.3 Å². The van der Waals surface area contributed by atoms with Gasteiger partial charge in [0, 0.05) is 30.0 Å². The quantitative estimate of drug-likeness (QED) is 0.0605. The second-order valence-corrected chi connectivity index (χ2v) is 19.5. The third kappa shape index (κ3) is 10.7. The summed E-state index contributed by atoms with van der Waals surface area (Å²) in [5, 5.41) is 0. The van der Waals surface area contributed by atoms with Crippen LogP contribution in [0.5, 0.6) is 28.7 Å². The number of methoxy groups -OCH3 is 2. The fourth-order valence-electron chi connectivity index (χ4n) is 7.44. The predicted molar refractivity (Wildman–Crippen MR) is 252 cm³/mol. The molecule has 1 aliphatic rings. The lowest BCUT2D eigenvalue weighted by molar-refractivity contribution is -0.0922. The van der Waals surface area contributed by atoms with Crippen molar-refractivity contribution in [3.63, 3.8) is 0 Å². The van der Waals surface area contributed by atoms with Gasteiger partial charge in [0.15, 0.2) is 0 Å². The van der Waals surface area contributed by atoms with Crippen molar-refractivity contribution in [3.8, 4) is 28.7 Å². The number of rotatable bonds is 19. The van der Waals surface area contributed by atoms with Crippen LogP contribution in [0, 0.1) is 6.92 Å². The Bertz CT molecular complexity index is 2820. The molecule has 0 radical (unpaired) electrons. The van der Waals surface area contributed by atoms with Crippen LogP contribution in [0.3, 0.4) is 0 Å². The van der Waals surface area contributed by atoms with Crippen molar-refractivity contribution in [2.75, 3.05) is 20.8 Å². The number of hydrogen-bond donors (Lipinski definition) is 1. The summed E-state index contributed by atoms with van der Waals surface area (Å²) >= 11 is 6.18. The average Bonchev–Trinajstić information content (AvgIpc) is 3.72. The van der Waals surface area contributed by atoms with Gasteiger partial charge < -0.3 is 32.5 Å². The lowest BCUT2D eigenvalue weighted by Gasteiger charge is -2.37. The van der Waals surface area contributed by atoms with Gasteiger partial charge in [-0.25, -0.2) is 9.36 Å². The molecule has 1 aliphatic heterocycles. The number of aryl methyl sites for hydroxylation is 1. The minimum Gasteiger partial charge on any atom is -0.497 e. The largest absolute Gasteiger partial charge is 0.595 e. The Kier molecular flexibility index (Phi) is 14.4. The van der Waals surface area contributed by atoms with Crippen molar-refractivity contribution in [1.82, 2.24) is 9.55 Å². The molecule has 17 heteroatoms. The zero-order valence-corrected chi connectivity index (χ0v) is 38.6. The maximum absolute atomic E-state index is 15.0. The summed E-state index contributed by atoms with van der Waals surface area (Å²) in [6, 6.07) is 50.0. The molecule has 4 atom stereocenters. The lowest BCUT2D eigenvalue weighted by Crippen LogP contribution is -2.38. The molecule has 0 amide bonds. The third-order valence-electron chi connectivity index (χ3n) is 10.6. The first kappa shape index (κ1) is 46.3. The maximum atomic E-state index is 15.0. The second-order valence-electron chi connectivity index (χ2n) is 15.0. The summed E-state index contributed by atoms with van der Waals surface area (Å²) in [5.41, 5.74) is -0.000128. The van der Waals surface area contributed by atoms with Gasteiger partial charge >= 0.3 is 20.2 Å². The molecule has 2 heterocycles. The van der Waals surface area contributed by atoms with E-state index in [2.05, 4.69) is 4.98 Å². The van der Waals surface area contributed by atoms with E-state index >= 15 is 4.57 Å². The maximum Gasteiger partial charge on any atom is 0.595 e. The normalized spacial score (nSPS) is 17.0. The number of benzene rings is 6. The van der Waals surface area contributed by atoms with Gasteiger partial charge in [0.2, 0.25) is 0 Å². The van der Waals surface area contributed by atoms with Crippen LogP contribution < -0.4 is 34.3 Å². The molecule has 1 fully saturated rings. The third-order valence-corrected chi connectivity index (χ3v) is 15.1. The van der Waals surface area contributed by atoms with E-state index in [1.807, 2.05) is 78.9 Å². The van der Waals surface area contributed by atoms with Crippen molar-refractivity contribution >= 4 is 26.3 Å². The molecule has 6 aromatic carbocycles. The fourth-order valence-corrected chi connectivity index (χ4v) is 12.1. The highest BCUT2D eigenvalue weighted by molar-refractivity contribution is 8.09. The smallest absolute Gasteiger partial charge is 0.497 e. The first-order valence-corrected chi connectivity index (χ1v) is 24.8. The first-order valence-electron chi connectivity index (χ1n) is 20.8. The Morgan fingerprint density at radius 3 is 1.59 bits per heavy atom. The van der Waals surface area contributed by atoms with Gasteiger partial charge in [-0.3, -0.25) is 18.9 Å². The number of nitrogens with zero attached hydrogens (tertiary/aromatic N) is 1. The zero-order chi connectivity index (χ0) is 46.2. The first-order chi connectivity index (χ1) is 32.0. The number of phosphoric acid groups is 1. The van der Waals surface area contributed by atoms with Crippen molar-refractivity contribution in [1.29, 1.82) is 0 Å². The Balaban J connectivity index is 1.23. The number of hydrogen-bond acceptors (Lipinski definition) is 13. The van der Waals surface area contributed by atoms with Gasteiger partial charge in [-0.1, -0.05) is 109 Å². The molecule has 0 saturated carbocycles. The van der Waals surface area contributed by atoms with Crippen LogP contribution >= 0.6 is 14.5 Å². The summed E-state index contributed by atoms with van der Waals surface area (Å²) < 4.78 is 72.8. The van der Waals surface area contributed by atoms with Crippen molar-refractivity contribution in [2.45, 2.75) is 37.4 Å². The highest BCUT2D eigenvalue weighted by Gasteiger charge is 2.48. The summed E-state index contributed by atoms with van der Waals surface area (Å²) in [6.45, 7) is -2.93. The van der Waals surface area contributed by atoms with E-state index in [0.717, 1.165) is 16.7 Å². The molecular weight excluding hydrogens is 903 g/mol. The molecule has 0 spiro atoms. The molecule has 340 valence electrons. The molecule has 0 aliphatic carbocycles.